The van der Waals surface area contributed by atoms with Crippen molar-refractivity contribution in [1.82, 2.24) is 39.7 Å². The van der Waals surface area contributed by atoms with E-state index in [-0.39, 0.29) is 16.8 Å². The standard InChI is InChI=1S/C22H25FN8/c1-21(2)10-14(11-22(3,4)29-21)17-5-8-30-13-18(28-20(30)27-17)19-16(23)9-15(12-24-19)31-25-6-7-26-31/h5-9,12-14,29H,10-11H2,1-4H3. The van der Waals surface area contributed by atoms with Gasteiger partial charge in [0.05, 0.1) is 18.6 Å². The monoisotopic (exact) mass is 420 g/mol. The number of fused-ring (bicyclic) bond motifs is 1. The van der Waals surface area contributed by atoms with Crippen LogP contribution in [0.5, 0.6) is 0 Å². The van der Waals surface area contributed by atoms with Crippen LogP contribution in [0.3, 0.4) is 0 Å². The minimum Gasteiger partial charge on any atom is -0.307 e. The first kappa shape index (κ1) is 19.7. The molecule has 0 aromatic carbocycles. The van der Waals surface area contributed by atoms with E-state index in [2.05, 4.69) is 53.2 Å². The average molecular weight is 420 g/mol. The number of pyridine rings is 1. The molecule has 1 aliphatic rings. The second-order valence-electron chi connectivity index (χ2n) is 9.53. The fourth-order valence-corrected chi connectivity index (χ4v) is 4.83. The van der Waals surface area contributed by atoms with Crippen LogP contribution in [0.25, 0.3) is 22.9 Å². The maximum atomic E-state index is 14.8. The number of hydrogen-bond acceptors (Lipinski definition) is 6. The van der Waals surface area contributed by atoms with Gasteiger partial charge in [0.1, 0.15) is 17.1 Å². The second-order valence-corrected chi connectivity index (χ2v) is 9.53. The first-order chi connectivity index (χ1) is 14.7. The molecule has 1 aliphatic heterocycles. The fourth-order valence-electron chi connectivity index (χ4n) is 4.83. The molecule has 1 saturated heterocycles. The number of nitrogens with one attached hydrogen (secondary N) is 1. The van der Waals surface area contributed by atoms with Crippen LogP contribution in [0.4, 0.5) is 4.39 Å². The predicted octanol–water partition coefficient (Wildman–Crippen LogP) is 3.54. The Morgan fingerprint density at radius 2 is 1.77 bits per heavy atom. The van der Waals surface area contributed by atoms with Crippen molar-refractivity contribution >= 4 is 5.78 Å². The van der Waals surface area contributed by atoms with Crippen LogP contribution in [-0.4, -0.2) is 45.4 Å². The average Bonchev–Trinajstić information content (AvgIpc) is 3.34. The molecule has 5 rings (SSSR count). The molecule has 0 radical (unpaired) electrons. The molecule has 8 nitrogen and oxygen atoms in total. The highest BCUT2D eigenvalue weighted by atomic mass is 19.1. The highest BCUT2D eigenvalue weighted by Gasteiger charge is 2.38. The third kappa shape index (κ3) is 3.81. The number of imidazole rings is 1. The first-order valence-electron chi connectivity index (χ1n) is 10.4. The Kier molecular flexibility index (Phi) is 4.40. The van der Waals surface area contributed by atoms with E-state index in [0.29, 0.717) is 23.1 Å². The van der Waals surface area contributed by atoms with E-state index in [0.717, 1.165) is 18.5 Å². The number of rotatable bonds is 3. The smallest absolute Gasteiger partial charge is 0.234 e. The summed E-state index contributed by atoms with van der Waals surface area (Å²) < 4.78 is 16.6. The molecule has 1 N–H and O–H groups in total. The van der Waals surface area contributed by atoms with Gasteiger partial charge in [0.15, 0.2) is 5.82 Å². The molecule has 0 atom stereocenters. The lowest BCUT2D eigenvalue weighted by Gasteiger charge is -2.46. The van der Waals surface area contributed by atoms with Gasteiger partial charge in [-0.05, 0) is 46.6 Å². The van der Waals surface area contributed by atoms with Gasteiger partial charge in [0.25, 0.3) is 0 Å². The van der Waals surface area contributed by atoms with E-state index in [1.54, 1.807) is 10.6 Å². The van der Waals surface area contributed by atoms with Crippen LogP contribution in [0.2, 0.25) is 0 Å². The summed E-state index contributed by atoms with van der Waals surface area (Å²) >= 11 is 0. The largest absolute Gasteiger partial charge is 0.307 e. The van der Waals surface area contributed by atoms with E-state index in [1.807, 2.05) is 12.3 Å². The van der Waals surface area contributed by atoms with Gasteiger partial charge in [-0.2, -0.15) is 10.2 Å². The molecule has 0 spiro atoms. The molecule has 31 heavy (non-hydrogen) atoms. The van der Waals surface area contributed by atoms with E-state index in [9.17, 15) is 4.39 Å². The molecule has 5 heterocycles. The van der Waals surface area contributed by atoms with Gasteiger partial charge in [-0.15, -0.1) is 4.80 Å². The van der Waals surface area contributed by atoms with Crippen LogP contribution >= 0.6 is 0 Å². The van der Waals surface area contributed by atoms with E-state index < -0.39 is 5.82 Å². The summed E-state index contributed by atoms with van der Waals surface area (Å²) in [4.78, 5) is 15.0. The van der Waals surface area contributed by atoms with Crippen molar-refractivity contribution in [3.8, 4) is 17.1 Å². The van der Waals surface area contributed by atoms with Crippen LogP contribution < -0.4 is 5.32 Å². The lowest BCUT2D eigenvalue weighted by atomic mass is 9.74. The molecule has 160 valence electrons. The molecule has 9 heteroatoms. The van der Waals surface area contributed by atoms with Gasteiger partial charge < -0.3 is 5.32 Å². The number of hydrogen-bond donors (Lipinski definition) is 1. The van der Waals surface area contributed by atoms with Crippen LogP contribution in [0, 0.1) is 5.82 Å². The summed E-state index contributed by atoms with van der Waals surface area (Å²) in [6.45, 7) is 8.90. The normalized spacial score (nSPS) is 18.5. The lowest BCUT2D eigenvalue weighted by molar-refractivity contribution is 0.160. The van der Waals surface area contributed by atoms with Crippen molar-refractivity contribution < 1.29 is 4.39 Å². The van der Waals surface area contributed by atoms with E-state index >= 15 is 0 Å². The topological polar surface area (TPSA) is 85.8 Å². The maximum Gasteiger partial charge on any atom is 0.234 e. The van der Waals surface area contributed by atoms with E-state index in [4.69, 9.17) is 4.98 Å². The van der Waals surface area contributed by atoms with Gasteiger partial charge in [-0.3, -0.25) is 4.40 Å². The van der Waals surface area contributed by atoms with Gasteiger partial charge in [0.2, 0.25) is 5.78 Å². The zero-order chi connectivity index (χ0) is 21.8. The number of aromatic nitrogens is 7. The van der Waals surface area contributed by atoms with Crippen LogP contribution in [0.1, 0.15) is 52.1 Å². The minimum absolute atomic E-state index is 0.0268. The van der Waals surface area contributed by atoms with Crippen molar-refractivity contribution in [2.75, 3.05) is 0 Å². The summed E-state index contributed by atoms with van der Waals surface area (Å²) in [6.07, 6.45) is 10.3. The molecule has 1 fully saturated rings. The fraction of sp³-hybridized carbons (Fsp3) is 0.409. The highest BCUT2D eigenvalue weighted by molar-refractivity contribution is 5.59. The third-order valence-corrected chi connectivity index (χ3v) is 5.68. The molecular formula is C22H25FN8. The van der Waals surface area contributed by atoms with Crippen molar-refractivity contribution in [2.45, 2.75) is 57.5 Å². The third-order valence-electron chi connectivity index (χ3n) is 5.68. The summed E-state index contributed by atoms with van der Waals surface area (Å²) in [5.41, 5.74) is 2.13. The van der Waals surface area contributed by atoms with E-state index in [1.165, 1.54) is 29.5 Å². The molecule has 0 saturated carbocycles. The van der Waals surface area contributed by atoms with Crippen molar-refractivity contribution in [3.05, 3.63) is 54.6 Å². The summed E-state index contributed by atoms with van der Waals surface area (Å²) in [7, 11) is 0. The van der Waals surface area contributed by atoms with Gasteiger partial charge in [0, 0.05) is 41.1 Å². The summed E-state index contributed by atoms with van der Waals surface area (Å²) in [6, 6.07) is 3.39. The molecule has 4 aromatic rings. The Morgan fingerprint density at radius 3 is 2.45 bits per heavy atom. The maximum absolute atomic E-state index is 14.8. The number of nitrogens with zero attached hydrogens (tertiary/aromatic N) is 7. The Balaban J connectivity index is 1.48. The van der Waals surface area contributed by atoms with Gasteiger partial charge in [-0.25, -0.2) is 19.3 Å². The summed E-state index contributed by atoms with van der Waals surface area (Å²) in [5, 5.41) is 11.7. The quantitative estimate of drug-likeness (QED) is 0.546. The van der Waals surface area contributed by atoms with Crippen LogP contribution in [0.15, 0.2) is 43.1 Å². The summed E-state index contributed by atoms with van der Waals surface area (Å²) in [5.74, 6) is 0.382. The molecule has 0 amide bonds. The molecular weight excluding hydrogens is 395 g/mol. The van der Waals surface area contributed by atoms with Crippen molar-refractivity contribution in [2.24, 2.45) is 0 Å². The number of piperidine rings is 1. The SMILES string of the molecule is CC1(C)CC(c2ccn3cc(-c4ncc(-n5nccn5)cc4F)nc3n2)CC(C)(C)N1. The molecule has 0 unspecified atom stereocenters. The van der Waals surface area contributed by atoms with Crippen molar-refractivity contribution in [3.63, 3.8) is 0 Å². The second kappa shape index (κ2) is 6.91. The first-order valence-corrected chi connectivity index (χ1v) is 10.4. The van der Waals surface area contributed by atoms with Crippen LogP contribution in [-0.2, 0) is 0 Å². The lowest BCUT2D eigenvalue weighted by Crippen LogP contribution is -2.57. The molecule has 4 aromatic heterocycles. The Hall–Kier alpha value is -3.20. The Morgan fingerprint density at radius 1 is 1.06 bits per heavy atom. The van der Waals surface area contributed by atoms with Gasteiger partial charge >= 0.3 is 0 Å². The molecule has 0 aliphatic carbocycles. The Bertz CT molecular complexity index is 1230. The number of halogens is 1. The predicted molar refractivity (Wildman–Crippen MR) is 114 cm³/mol. The zero-order valence-electron chi connectivity index (χ0n) is 18.0. The minimum atomic E-state index is -0.486. The van der Waals surface area contributed by atoms with Gasteiger partial charge in [-0.1, -0.05) is 0 Å². The van der Waals surface area contributed by atoms with Crippen molar-refractivity contribution in [1.29, 1.82) is 0 Å². The zero-order valence-corrected chi connectivity index (χ0v) is 18.0. The highest BCUT2D eigenvalue weighted by Crippen LogP contribution is 2.38. The molecule has 0 bridgehead atoms. The Labute approximate surface area is 179 Å².